The Morgan fingerprint density at radius 2 is 1.55 bits per heavy atom. The van der Waals surface area contributed by atoms with Crippen LogP contribution in [0.25, 0.3) is 0 Å². The summed E-state index contributed by atoms with van der Waals surface area (Å²) in [6.07, 6.45) is -15.2. The number of nitrogen functional groups attached to an aromatic ring is 1. The van der Waals surface area contributed by atoms with Crippen LogP contribution in [0.15, 0.2) is 0 Å². The molecule has 0 aromatic carbocycles. The topological polar surface area (TPSA) is 53.1 Å². The Kier molecular flexibility index (Phi) is 4.16. The quantitative estimate of drug-likeness (QED) is 0.872. The van der Waals surface area contributed by atoms with Gasteiger partial charge < -0.3 is 10.5 Å². The van der Waals surface area contributed by atoms with E-state index in [1.165, 1.54) is 20.8 Å². The first-order valence-electron chi connectivity index (χ1n) is 5.50. The van der Waals surface area contributed by atoms with Crippen LogP contribution in [0.3, 0.4) is 0 Å². The summed E-state index contributed by atoms with van der Waals surface area (Å²) >= 11 is 0. The molecule has 20 heavy (non-hydrogen) atoms. The zero-order valence-electron chi connectivity index (χ0n) is 10.8. The lowest BCUT2D eigenvalue weighted by Crippen LogP contribution is -2.47. The minimum absolute atomic E-state index is 0.0943. The lowest BCUT2D eigenvalue weighted by molar-refractivity contribution is -0.300. The van der Waals surface area contributed by atoms with Gasteiger partial charge in [0, 0.05) is 0 Å². The molecule has 1 aromatic heterocycles. The van der Waals surface area contributed by atoms with Crippen molar-refractivity contribution in [1.82, 2.24) is 9.78 Å². The molecule has 1 heterocycles. The molecule has 0 unspecified atom stereocenters. The zero-order chi connectivity index (χ0) is 15.9. The molecule has 0 aliphatic heterocycles. The fourth-order valence-corrected chi connectivity index (χ4v) is 1.44. The van der Waals surface area contributed by atoms with Crippen LogP contribution >= 0.6 is 0 Å². The van der Waals surface area contributed by atoms with E-state index in [-0.39, 0.29) is 11.4 Å². The molecular formula is C10H13F6N3O. The molecule has 0 saturated carbocycles. The van der Waals surface area contributed by atoms with Crippen molar-refractivity contribution < 1.29 is 31.1 Å². The van der Waals surface area contributed by atoms with Gasteiger partial charge in [0.05, 0.1) is 11.7 Å². The predicted octanol–water partition coefficient (Wildman–Crippen LogP) is 3.23. The van der Waals surface area contributed by atoms with E-state index in [0.717, 1.165) is 4.68 Å². The SMILES string of the molecule is Cc1nn(C(C)C)c(OC(C(F)(F)F)C(F)(F)F)c1N. The summed E-state index contributed by atoms with van der Waals surface area (Å²) in [5.41, 5.74) is 5.18. The number of halogens is 6. The van der Waals surface area contributed by atoms with Crippen molar-refractivity contribution in [3.8, 4) is 5.88 Å². The Morgan fingerprint density at radius 3 is 1.90 bits per heavy atom. The van der Waals surface area contributed by atoms with Crippen molar-refractivity contribution in [3.63, 3.8) is 0 Å². The summed E-state index contributed by atoms with van der Waals surface area (Å²) in [5, 5.41) is 3.76. The van der Waals surface area contributed by atoms with E-state index < -0.39 is 30.4 Å². The molecule has 0 radical (unpaired) electrons. The zero-order valence-corrected chi connectivity index (χ0v) is 10.8. The van der Waals surface area contributed by atoms with E-state index in [0.29, 0.717) is 0 Å². The number of alkyl halides is 6. The average Bonchev–Trinajstić information content (AvgIpc) is 2.49. The molecule has 116 valence electrons. The Hall–Kier alpha value is -1.61. The number of anilines is 1. The van der Waals surface area contributed by atoms with Crippen LogP contribution in [-0.4, -0.2) is 28.2 Å². The van der Waals surface area contributed by atoms with Crippen LogP contribution in [0.5, 0.6) is 5.88 Å². The molecule has 10 heteroatoms. The van der Waals surface area contributed by atoms with Gasteiger partial charge in [0.25, 0.3) is 6.10 Å². The molecule has 0 amide bonds. The summed E-state index contributed by atoms with van der Waals surface area (Å²) < 4.78 is 79.7. The maximum absolute atomic E-state index is 12.5. The highest BCUT2D eigenvalue weighted by molar-refractivity contribution is 5.52. The van der Waals surface area contributed by atoms with Gasteiger partial charge in [0.2, 0.25) is 5.88 Å². The molecule has 0 atom stereocenters. The lowest BCUT2D eigenvalue weighted by atomic mass is 10.3. The van der Waals surface area contributed by atoms with Crippen molar-refractivity contribution in [1.29, 1.82) is 0 Å². The molecular weight excluding hydrogens is 292 g/mol. The number of hydrogen-bond acceptors (Lipinski definition) is 3. The van der Waals surface area contributed by atoms with Gasteiger partial charge in [-0.3, -0.25) is 0 Å². The van der Waals surface area contributed by atoms with Gasteiger partial charge in [0.1, 0.15) is 5.69 Å². The van der Waals surface area contributed by atoms with Crippen LogP contribution in [0.2, 0.25) is 0 Å². The smallest absolute Gasteiger partial charge is 0.434 e. The minimum atomic E-state index is -5.61. The number of ether oxygens (including phenoxy) is 1. The second kappa shape index (κ2) is 5.06. The van der Waals surface area contributed by atoms with E-state index in [1.54, 1.807) is 0 Å². The first-order valence-corrected chi connectivity index (χ1v) is 5.50. The highest BCUT2D eigenvalue weighted by Crippen LogP contribution is 2.39. The summed E-state index contributed by atoms with van der Waals surface area (Å²) in [7, 11) is 0. The Labute approximate surface area is 110 Å². The second-order valence-corrected chi connectivity index (χ2v) is 4.42. The van der Waals surface area contributed by atoms with Gasteiger partial charge in [0.15, 0.2) is 0 Å². The van der Waals surface area contributed by atoms with Crippen LogP contribution < -0.4 is 10.5 Å². The molecule has 0 aliphatic rings. The number of nitrogens with zero attached hydrogens (tertiary/aromatic N) is 2. The fourth-order valence-electron chi connectivity index (χ4n) is 1.44. The standard InChI is InChI=1S/C10H13F6N3O/c1-4(2)19-7(6(17)5(3)18-19)20-8(9(11,12)13)10(14,15)16/h4,8H,17H2,1-3H3. The summed E-state index contributed by atoms with van der Waals surface area (Å²) in [4.78, 5) is 0. The highest BCUT2D eigenvalue weighted by atomic mass is 19.4. The molecule has 0 spiro atoms. The highest BCUT2D eigenvalue weighted by Gasteiger charge is 2.59. The van der Waals surface area contributed by atoms with Gasteiger partial charge in [-0.1, -0.05) is 0 Å². The van der Waals surface area contributed by atoms with Crippen LogP contribution in [0.4, 0.5) is 32.0 Å². The van der Waals surface area contributed by atoms with Gasteiger partial charge in [-0.2, -0.15) is 31.4 Å². The third kappa shape index (κ3) is 3.28. The lowest BCUT2D eigenvalue weighted by Gasteiger charge is -2.24. The largest absolute Gasteiger partial charge is 0.453 e. The molecule has 4 nitrogen and oxygen atoms in total. The number of hydrogen-bond donors (Lipinski definition) is 1. The normalized spacial score (nSPS) is 13.3. The number of aryl methyl sites for hydroxylation is 1. The summed E-state index contributed by atoms with van der Waals surface area (Å²) in [6.45, 7) is 4.40. The number of aromatic nitrogens is 2. The van der Waals surface area contributed by atoms with Crippen molar-refractivity contribution in [2.45, 2.75) is 45.3 Å². The van der Waals surface area contributed by atoms with E-state index in [1.807, 2.05) is 0 Å². The monoisotopic (exact) mass is 305 g/mol. The van der Waals surface area contributed by atoms with Crippen molar-refractivity contribution >= 4 is 5.69 Å². The van der Waals surface area contributed by atoms with Crippen molar-refractivity contribution in [2.24, 2.45) is 0 Å². The number of nitrogens with two attached hydrogens (primary N) is 1. The van der Waals surface area contributed by atoms with Gasteiger partial charge in [-0.05, 0) is 20.8 Å². The van der Waals surface area contributed by atoms with Crippen LogP contribution in [-0.2, 0) is 0 Å². The van der Waals surface area contributed by atoms with E-state index >= 15 is 0 Å². The molecule has 0 bridgehead atoms. The van der Waals surface area contributed by atoms with E-state index in [9.17, 15) is 26.3 Å². The summed E-state index contributed by atoms with van der Waals surface area (Å²) in [6, 6.07) is -0.511. The van der Waals surface area contributed by atoms with Crippen molar-refractivity contribution in [3.05, 3.63) is 5.69 Å². The third-order valence-electron chi connectivity index (χ3n) is 2.40. The predicted molar refractivity (Wildman–Crippen MR) is 58.3 cm³/mol. The molecule has 0 aliphatic carbocycles. The van der Waals surface area contributed by atoms with E-state index in [2.05, 4.69) is 9.84 Å². The number of rotatable bonds is 3. The first-order chi connectivity index (χ1) is 8.85. The Balaban J connectivity index is 3.25. The van der Waals surface area contributed by atoms with E-state index in [4.69, 9.17) is 5.73 Å². The maximum atomic E-state index is 12.5. The maximum Gasteiger partial charge on any atom is 0.434 e. The average molecular weight is 305 g/mol. The van der Waals surface area contributed by atoms with Gasteiger partial charge in [-0.25, -0.2) is 4.68 Å². The summed E-state index contributed by atoms with van der Waals surface area (Å²) in [5.74, 6) is -0.739. The van der Waals surface area contributed by atoms with Gasteiger partial charge >= 0.3 is 12.4 Å². The minimum Gasteiger partial charge on any atom is -0.453 e. The Bertz CT molecular complexity index is 463. The van der Waals surface area contributed by atoms with Crippen LogP contribution in [0, 0.1) is 6.92 Å². The van der Waals surface area contributed by atoms with Gasteiger partial charge in [-0.15, -0.1) is 0 Å². The first kappa shape index (κ1) is 16.4. The third-order valence-corrected chi connectivity index (χ3v) is 2.40. The molecule has 0 saturated heterocycles. The molecule has 0 fully saturated rings. The fraction of sp³-hybridized carbons (Fsp3) is 0.700. The van der Waals surface area contributed by atoms with Crippen molar-refractivity contribution in [2.75, 3.05) is 5.73 Å². The van der Waals surface area contributed by atoms with Crippen LogP contribution in [0.1, 0.15) is 25.6 Å². The molecule has 1 rings (SSSR count). The Morgan fingerprint density at radius 1 is 1.10 bits per heavy atom. The molecule has 2 N–H and O–H groups in total. The second-order valence-electron chi connectivity index (χ2n) is 4.42. The molecule has 1 aromatic rings.